The Bertz CT molecular complexity index is 272. The summed E-state index contributed by atoms with van der Waals surface area (Å²) < 4.78 is 0. The third kappa shape index (κ3) is 1.30. The Morgan fingerprint density at radius 1 is 1.42 bits per heavy atom. The topological polar surface area (TPSA) is 12.5 Å². The van der Waals surface area contributed by atoms with Gasteiger partial charge in [-0.15, -0.1) is 5.06 Å². The summed E-state index contributed by atoms with van der Waals surface area (Å²) in [5, 5.41) is 1.99. The van der Waals surface area contributed by atoms with Crippen LogP contribution < -0.4 is 4.84 Å². The largest absolute Gasteiger partial charge is 0.406 e. The summed E-state index contributed by atoms with van der Waals surface area (Å²) in [6.07, 6.45) is 1.10. The van der Waals surface area contributed by atoms with E-state index in [4.69, 9.17) is 4.84 Å². The van der Waals surface area contributed by atoms with E-state index in [0.29, 0.717) is 0 Å². The Kier molecular flexibility index (Phi) is 2.00. The normalized spacial score (nSPS) is 16.8. The van der Waals surface area contributed by atoms with Gasteiger partial charge in [0.1, 0.15) is 0 Å². The SMILES string of the molecule is CCN1CCc2ccccc2O1. The molecule has 0 spiro atoms. The number of hydroxylamine groups is 2. The van der Waals surface area contributed by atoms with Crippen LogP contribution in [0.3, 0.4) is 0 Å². The van der Waals surface area contributed by atoms with E-state index < -0.39 is 0 Å². The van der Waals surface area contributed by atoms with Crippen LogP contribution in [0, 0.1) is 0 Å². The number of rotatable bonds is 1. The lowest BCUT2D eigenvalue weighted by molar-refractivity contribution is -0.0637. The van der Waals surface area contributed by atoms with Crippen LogP contribution in [0.15, 0.2) is 24.3 Å². The van der Waals surface area contributed by atoms with Gasteiger partial charge < -0.3 is 4.84 Å². The Morgan fingerprint density at radius 2 is 2.25 bits per heavy atom. The molecule has 2 heteroatoms. The standard InChI is InChI=1S/C10H13NO/c1-2-11-8-7-9-5-3-4-6-10(9)12-11/h3-6H,2,7-8H2,1H3. The highest BCUT2D eigenvalue weighted by atomic mass is 16.7. The van der Waals surface area contributed by atoms with Gasteiger partial charge in [0.05, 0.1) is 0 Å². The number of fused-ring (bicyclic) bond motifs is 1. The number of nitrogens with zero attached hydrogens (tertiary/aromatic N) is 1. The first kappa shape index (κ1) is 7.62. The maximum absolute atomic E-state index is 5.61. The maximum Gasteiger partial charge on any atom is 0.150 e. The van der Waals surface area contributed by atoms with Gasteiger partial charge in [0.15, 0.2) is 5.75 Å². The molecule has 2 nitrogen and oxygen atoms in total. The molecule has 1 aliphatic rings. The number of hydrogen-bond acceptors (Lipinski definition) is 2. The van der Waals surface area contributed by atoms with Crippen LogP contribution in [-0.2, 0) is 6.42 Å². The first-order valence-electron chi connectivity index (χ1n) is 4.41. The monoisotopic (exact) mass is 163 g/mol. The van der Waals surface area contributed by atoms with E-state index in [1.54, 1.807) is 0 Å². The molecule has 0 aliphatic carbocycles. The average molecular weight is 163 g/mol. The van der Waals surface area contributed by atoms with Gasteiger partial charge in [-0.05, 0) is 25.0 Å². The third-order valence-corrected chi connectivity index (χ3v) is 2.18. The molecule has 12 heavy (non-hydrogen) atoms. The molecule has 0 amide bonds. The van der Waals surface area contributed by atoms with Crippen molar-refractivity contribution >= 4 is 0 Å². The molecule has 0 atom stereocenters. The highest BCUT2D eigenvalue weighted by molar-refractivity contribution is 5.34. The Balaban J connectivity index is 2.23. The molecule has 0 N–H and O–H groups in total. The number of para-hydroxylation sites is 1. The minimum atomic E-state index is 0.953. The van der Waals surface area contributed by atoms with Gasteiger partial charge in [0.25, 0.3) is 0 Å². The lowest BCUT2D eigenvalue weighted by Crippen LogP contribution is -2.33. The quantitative estimate of drug-likeness (QED) is 0.626. The van der Waals surface area contributed by atoms with Crippen molar-refractivity contribution in [3.63, 3.8) is 0 Å². The van der Waals surface area contributed by atoms with E-state index in [-0.39, 0.29) is 0 Å². The van der Waals surface area contributed by atoms with Gasteiger partial charge >= 0.3 is 0 Å². The molecule has 64 valence electrons. The molecule has 0 aromatic heterocycles. The van der Waals surface area contributed by atoms with Crippen molar-refractivity contribution in [2.24, 2.45) is 0 Å². The van der Waals surface area contributed by atoms with E-state index in [1.165, 1.54) is 5.56 Å². The van der Waals surface area contributed by atoms with Crippen molar-refractivity contribution in [1.29, 1.82) is 0 Å². The van der Waals surface area contributed by atoms with Crippen LogP contribution in [0.2, 0.25) is 0 Å². The number of benzene rings is 1. The van der Waals surface area contributed by atoms with Crippen molar-refractivity contribution in [3.8, 4) is 5.75 Å². The molecule has 1 aromatic carbocycles. The van der Waals surface area contributed by atoms with E-state index in [0.717, 1.165) is 25.3 Å². The van der Waals surface area contributed by atoms with Crippen LogP contribution in [0.25, 0.3) is 0 Å². The molecule has 1 aromatic rings. The van der Waals surface area contributed by atoms with Crippen LogP contribution >= 0.6 is 0 Å². The summed E-state index contributed by atoms with van der Waals surface area (Å²) in [5.41, 5.74) is 1.32. The van der Waals surface area contributed by atoms with Crippen molar-refractivity contribution < 1.29 is 4.84 Å². The van der Waals surface area contributed by atoms with Crippen molar-refractivity contribution in [3.05, 3.63) is 29.8 Å². The van der Waals surface area contributed by atoms with Gasteiger partial charge in [-0.25, -0.2) is 0 Å². The summed E-state index contributed by atoms with van der Waals surface area (Å²) in [6.45, 7) is 4.07. The second-order valence-corrected chi connectivity index (χ2v) is 2.97. The average Bonchev–Trinajstić information content (AvgIpc) is 2.17. The van der Waals surface area contributed by atoms with Crippen LogP contribution in [-0.4, -0.2) is 18.2 Å². The van der Waals surface area contributed by atoms with Gasteiger partial charge in [-0.1, -0.05) is 18.2 Å². The fraction of sp³-hybridized carbons (Fsp3) is 0.400. The fourth-order valence-electron chi connectivity index (χ4n) is 1.45. The molecule has 0 fully saturated rings. The first-order chi connectivity index (χ1) is 5.90. The van der Waals surface area contributed by atoms with E-state index in [1.807, 2.05) is 17.2 Å². The molecule has 0 unspecified atom stereocenters. The molecular weight excluding hydrogens is 150 g/mol. The molecule has 1 aliphatic heterocycles. The first-order valence-corrected chi connectivity index (χ1v) is 4.41. The zero-order valence-corrected chi connectivity index (χ0v) is 7.29. The maximum atomic E-state index is 5.61. The number of likely N-dealkylation sites (N-methyl/N-ethyl adjacent to an activating group) is 1. The predicted molar refractivity (Wildman–Crippen MR) is 48.0 cm³/mol. The van der Waals surface area contributed by atoms with Crippen molar-refractivity contribution in [2.75, 3.05) is 13.1 Å². The zero-order chi connectivity index (χ0) is 8.39. The summed E-state index contributed by atoms with van der Waals surface area (Å²) in [5.74, 6) is 1.02. The summed E-state index contributed by atoms with van der Waals surface area (Å²) in [4.78, 5) is 5.61. The summed E-state index contributed by atoms with van der Waals surface area (Å²) in [7, 11) is 0. The zero-order valence-electron chi connectivity index (χ0n) is 7.29. The minimum absolute atomic E-state index is 0.953. The highest BCUT2D eigenvalue weighted by Gasteiger charge is 2.14. The van der Waals surface area contributed by atoms with Gasteiger partial charge in [-0.3, -0.25) is 0 Å². The molecule has 0 radical (unpaired) electrons. The summed E-state index contributed by atoms with van der Waals surface area (Å²) >= 11 is 0. The van der Waals surface area contributed by atoms with Crippen LogP contribution in [0.4, 0.5) is 0 Å². The van der Waals surface area contributed by atoms with E-state index in [9.17, 15) is 0 Å². The molecule has 0 saturated heterocycles. The number of hydrogen-bond donors (Lipinski definition) is 0. The molecule has 2 rings (SSSR count). The smallest absolute Gasteiger partial charge is 0.150 e. The van der Waals surface area contributed by atoms with Gasteiger partial charge in [0, 0.05) is 13.1 Å². The second-order valence-electron chi connectivity index (χ2n) is 2.97. The molecule has 0 saturated carbocycles. The van der Waals surface area contributed by atoms with Gasteiger partial charge in [0.2, 0.25) is 0 Å². The molecule has 1 heterocycles. The Hall–Kier alpha value is -1.02. The lowest BCUT2D eigenvalue weighted by atomic mass is 10.1. The fourth-order valence-corrected chi connectivity index (χ4v) is 1.45. The van der Waals surface area contributed by atoms with Crippen LogP contribution in [0.1, 0.15) is 12.5 Å². The summed E-state index contributed by atoms with van der Waals surface area (Å²) in [6, 6.07) is 8.22. The predicted octanol–water partition coefficient (Wildman–Crippen LogP) is 1.86. The highest BCUT2D eigenvalue weighted by Crippen LogP contribution is 2.23. The van der Waals surface area contributed by atoms with Crippen LogP contribution in [0.5, 0.6) is 5.75 Å². The minimum Gasteiger partial charge on any atom is -0.406 e. The Morgan fingerprint density at radius 3 is 3.08 bits per heavy atom. The Labute approximate surface area is 72.7 Å². The van der Waals surface area contributed by atoms with E-state index >= 15 is 0 Å². The lowest BCUT2D eigenvalue weighted by Gasteiger charge is -2.27. The molecule has 0 bridgehead atoms. The van der Waals surface area contributed by atoms with Gasteiger partial charge in [-0.2, -0.15) is 0 Å². The van der Waals surface area contributed by atoms with Crippen molar-refractivity contribution in [2.45, 2.75) is 13.3 Å². The van der Waals surface area contributed by atoms with E-state index in [2.05, 4.69) is 19.1 Å². The molecular formula is C10H13NO. The van der Waals surface area contributed by atoms with Crippen molar-refractivity contribution in [1.82, 2.24) is 5.06 Å². The second kappa shape index (κ2) is 3.15. The third-order valence-electron chi connectivity index (χ3n) is 2.18.